The molecule has 0 aliphatic rings. The van der Waals surface area contributed by atoms with Crippen molar-refractivity contribution in [2.24, 2.45) is 0 Å². The molecule has 2 aromatic carbocycles. The van der Waals surface area contributed by atoms with Gasteiger partial charge in [0.1, 0.15) is 0 Å². The Hall–Kier alpha value is -2.64. The number of benzene rings is 2. The number of hydrogen-bond acceptors (Lipinski definition) is 6. The van der Waals surface area contributed by atoms with Gasteiger partial charge in [0.15, 0.2) is 11.0 Å². The van der Waals surface area contributed by atoms with Gasteiger partial charge in [-0.1, -0.05) is 54.2 Å². The van der Waals surface area contributed by atoms with E-state index >= 15 is 0 Å². The fraction of sp³-hybridized carbons (Fsp3) is 0.211. The molecule has 0 fully saturated rings. The molecule has 0 saturated heterocycles. The molecule has 0 atom stereocenters. The van der Waals surface area contributed by atoms with Crippen molar-refractivity contribution in [3.8, 4) is 17.1 Å². The standard InChI is InChI=1S/C19H19N3O3S/c1-2-25-17(24)13-26-19-21-20-18(15-10-8-14(12-23)9-11-15)22(19)16-6-4-3-5-7-16/h3-11,23H,2,12-13H2,1H3. The van der Waals surface area contributed by atoms with E-state index in [2.05, 4.69) is 10.2 Å². The Kier molecular flexibility index (Phi) is 6.04. The third kappa shape index (κ3) is 4.12. The van der Waals surface area contributed by atoms with Crippen LogP contribution in [0.3, 0.4) is 0 Å². The summed E-state index contributed by atoms with van der Waals surface area (Å²) in [6, 6.07) is 17.2. The zero-order valence-corrected chi connectivity index (χ0v) is 15.1. The number of aromatic nitrogens is 3. The predicted octanol–water partition coefficient (Wildman–Crippen LogP) is 3.08. The number of carbonyl (C=O) groups excluding carboxylic acids is 1. The summed E-state index contributed by atoms with van der Waals surface area (Å²) < 4.78 is 6.90. The van der Waals surface area contributed by atoms with Gasteiger partial charge in [0.2, 0.25) is 0 Å². The van der Waals surface area contributed by atoms with Crippen LogP contribution in [0.2, 0.25) is 0 Å². The lowest BCUT2D eigenvalue weighted by Crippen LogP contribution is -2.08. The second-order valence-electron chi connectivity index (χ2n) is 5.43. The average Bonchev–Trinajstić information content (AvgIpc) is 3.11. The molecule has 1 aromatic heterocycles. The van der Waals surface area contributed by atoms with Crippen LogP contribution in [0.1, 0.15) is 12.5 Å². The van der Waals surface area contributed by atoms with Crippen molar-refractivity contribution in [1.29, 1.82) is 0 Å². The van der Waals surface area contributed by atoms with E-state index in [-0.39, 0.29) is 18.3 Å². The van der Waals surface area contributed by atoms with E-state index in [1.165, 1.54) is 11.8 Å². The summed E-state index contributed by atoms with van der Waals surface area (Å²) in [6.45, 7) is 2.13. The first kappa shape index (κ1) is 18.2. The zero-order valence-electron chi connectivity index (χ0n) is 14.3. The molecule has 0 saturated carbocycles. The quantitative estimate of drug-likeness (QED) is 0.509. The fourth-order valence-corrected chi connectivity index (χ4v) is 3.20. The second kappa shape index (κ2) is 8.64. The Labute approximate surface area is 155 Å². The Balaban J connectivity index is 1.97. The van der Waals surface area contributed by atoms with Crippen molar-refractivity contribution in [3.63, 3.8) is 0 Å². The highest BCUT2D eigenvalue weighted by Crippen LogP contribution is 2.28. The number of hydrogen-bond donors (Lipinski definition) is 1. The van der Waals surface area contributed by atoms with Gasteiger partial charge in [-0.2, -0.15) is 0 Å². The molecular formula is C19H19N3O3S. The Morgan fingerprint density at radius 1 is 1.12 bits per heavy atom. The van der Waals surface area contributed by atoms with Crippen LogP contribution in [0.4, 0.5) is 0 Å². The van der Waals surface area contributed by atoms with Gasteiger partial charge in [-0.15, -0.1) is 10.2 Å². The molecule has 0 radical (unpaired) electrons. The molecular weight excluding hydrogens is 350 g/mol. The maximum Gasteiger partial charge on any atom is 0.316 e. The van der Waals surface area contributed by atoms with E-state index in [4.69, 9.17) is 4.74 Å². The van der Waals surface area contributed by atoms with Crippen molar-refractivity contribution >= 4 is 17.7 Å². The number of aliphatic hydroxyl groups excluding tert-OH is 1. The van der Waals surface area contributed by atoms with Gasteiger partial charge in [0.25, 0.3) is 0 Å². The molecule has 0 spiro atoms. The van der Waals surface area contributed by atoms with Gasteiger partial charge in [0, 0.05) is 11.3 Å². The lowest BCUT2D eigenvalue weighted by molar-refractivity contribution is -0.139. The number of thioether (sulfide) groups is 1. The summed E-state index contributed by atoms with van der Waals surface area (Å²) in [4.78, 5) is 11.7. The van der Waals surface area contributed by atoms with Crippen LogP contribution in [0.5, 0.6) is 0 Å². The van der Waals surface area contributed by atoms with Crippen LogP contribution in [-0.2, 0) is 16.1 Å². The minimum absolute atomic E-state index is 0.00764. The van der Waals surface area contributed by atoms with Crippen LogP contribution in [-0.4, -0.2) is 38.2 Å². The fourth-order valence-electron chi connectivity index (χ4n) is 2.45. The first-order valence-corrected chi connectivity index (χ1v) is 9.21. The number of nitrogens with zero attached hydrogens (tertiary/aromatic N) is 3. The van der Waals surface area contributed by atoms with Gasteiger partial charge < -0.3 is 9.84 Å². The third-order valence-corrected chi connectivity index (χ3v) is 4.57. The molecule has 1 N–H and O–H groups in total. The number of esters is 1. The predicted molar refractivity (Wildman–Crippen MR) is 100 cm³/mol. The molecule has 0 amide bonds. The second-order valence-corrected chi connectivity index (χ2v) is 6.37. The van der Waals surface area contributed by atoms with Gasteiger partial charge in [-0.3, -0.25) is 9.36 Å². The number of aliphatic hydroxyl groups is 1. The summed E-state index contributed by atoms with van der Waals surface area (Å²) in [7, 11) is 0. The summed E-state index contributed by atoms with van der Waals surface area (Å²) in [6.07, 6.45) is 0. The molecule has 0 bridgehead atoms. The van der Waals surface area contributed by atoms with Gasteiger partial charge in [0.05, 0.1) is 19.0 Å². The molecule has 6 nitrogen and oxygen atoms in total. The first-order valence-electron chi connectivity index (χ1n) is 8.22. The lowest BCUT2D eigenvalue weighted by atomic mass is 10.1. The highest BCUT2D eigenvalue weighted by molar-refractivity contribution is 7.99. The van der Waals surface area contributed by atoms with Gasteiger partial charge >= 0.3 is 5.97 Å². The van der Waals surface area contributed by atoms with Crippen LogP contribution in [0.15, 0.2) is 59.8 Å². The molecule has 7 heteroatoms. The molecule has 3 aromatic rings. The number of rotatable bonds is 7. The van der Waals surface area contributed by atoms with E-state index in [9.17, 15) is 9.90 Å². The largest absolute Gasteiger partial charge is 0.465 e. The Morgan fingerprint density at radius 3 is 2.50 bits per heavy atom. The van der Waals surface area contributed by atoms with E-state index < -0.39 is 0 Å². The molecule has 0 aliphatic heterocycles. The summed E-state index contributed by atoms with van der Waals surface area (Å²) in [5.74, 6) is 0.559. The minimum atomic E-state index is -0.283. The number of carbonyl (C=O) groups is 1. The lowest BCUT2D eigenvalue weighted by Gasteiger charge is -2.10. The highest BCUT2D eigenvalue weighted by Gasteiger charge is 2.17. The third-order valence-electron chi connectivity index (χ3n) is 3.67. The van der Waals surface area contributed by atoms with E-state index in [0.717, 1.165) is 16.8 Å². The maximum absolute atomic E-state index is 11.7. The van der Waals surface area contributed by atoms with Crippen molar-refractivity contribution in [2.75, 3.05) is 12.4 Å². The van der Waals surface area contributed by atoms with Crippen molar-refractivity contribution in [3.05, 3.63) is 60.2 Å². The monoisotopic (exact) mass is 369 g/mol. The van der Waals surface area contributed by atoms with Crippen molar-refractivity contribution in [2.45, 2.75) is 18.7 Å². The highest BCUT2D eigenvalue weighted by atomic mass is 32.2. The summed E-state index contributed by atoms with van der Waals surface area (Å²) >= 11 is 1.29. The van der Waals surface area contributed by atoms with Crippen molar-refractivity contribution < 1.29 is 14.6 Å². The average molecular weight is 369 g/mol. The molecule has 134 valence electrons. The van der Waals surface area contributed by atoms with E-state index in [0.29, 0.717) is 17.6 Å². The minimum Gasteiger partial charge on any atom is -0.465 e. The van der Waals surface area contributed by atoms with Crippen LogP contribution >= 0.6 is 11.8 Å². The molecule has 1 heterocycles. The molecule has 3 rings (SSSR count). The zero-order chi connectivity index (χ0) is 18.4. The van der Waals surface area contributed by atoms with Crippen molar-refractivity contribution in [1.82, 2.24) is 14.8 Å². The normalized spacial score (nSPS) is 10.7. The topological polar surface area (TPSA) is 77.2 Å². The Bertz CT molecular complexity index is 863. The SMILES string of the molecule is CCOC(=O)CSc1nnc(-c2ccc(CO)cc2)n1-c1ccccc1. The summed E-state index contributed by atoms with van der Waals surface area (Å²) in [5.41, 5.74) is 2.61. The first-order chi connectivity index (χ1) is 12.7. The maximum atomic E-state index is 11.7. The van der Waals surface area contributed by atoms with Crippen LogP contribution in [0.25, 0.3) is 17.1 Å². The summed E-state index contributed by atoms with van der Waals surface area (Å²) in [5, 5.41) is 18.4. The smallest absolute Gasteiger partial charge is 0.316 e. The van der Waals surface area contributed by atoms with Gasteiger partial charge in [-0.25, -0.2) is 0 Å². The van der Waals surface area contributed by atoms with E-state index in [1.807, 2.05) is 59.2 Å². The molecule has 0 unspecified atom stereocenters. The number of para-hydroxylation sites is 1. The molecule has 26 heavy (non-hydrogen) atoms. The van der Waals surface area contributed by atoms with Gasteiger partial charge in [-0.05, 0) is 24.6 Å². The van der Waals surface area contributed by atoms with E-state index in [1.54, 1.807) is 6.92 Å². The van der Waals surface area contributed by atoms with Crippen LogP contribution < -0.4 is 0 Å². The molecule has 0 aliphatic carbocycles. The Morgan fingerprint density at radius 2 is 1.85 bits per heavy atom. The number of ether oxygens (including phenoxy) is 1. The van der Waals surface area contributed by atoms with Crippen LogP contribution in [0, 0.1) is 0 Å².